The van der Waals surface area contributed by atoms with Crippen LogP contribution in [0.15, 0.2) is 48.5 Å². The molecular formula is C19H23NO. The number of rotatable bonds is 5. The maximum Gasteiger partial charge on any atom is 0.251 e. The van der Waals surface area contributed by atoms with E-state index in [1.54, 1.807) is 0 Å². The molecule has 2 rings (SSSR count). The van der Waals surface area contributed by atoms with E-state index in [1.807, 2.05) is 38.1 Å². The Morgan fingerprint density at radius 2 is 1.81 bits per heavy atom. The largest absolute Gasteiger partial charge is 0.352 e. The van der Waals surface area contributed by atoms with Crippen LogP contribution in [0.2, 0.25) is 0 Å². The van der Waals surface area contributed by atoms with E-state index in [0.29, 0.717) is 12.5 Å². The van der Waals surface area contributed by atoms with Crippen LogP contribution in [0.5, 0.6) is 0 Å². The third-order valence-electron chi connectivity index (χ3n) is 3.87. The lowest BCUT2D eigenvalue weighted by atomic mass is 9.98. The molecule has 0 aliphatic carbocycles. The number of hydrogen-bond acceptors (Lipinski definition) is 1. The summed E-state index contributed by atoms with van der Waals surface area (Å²) in [6.45, 7) is 6.87. The van der Waals surface area contributed by atoms with Crippen LogP contribution in [-0.4, -0.2) is 12.5 Å². The van der Waals surface area contributed by atoms with Crippen LogP contribution in [0, 0.1) is 13.8 Å². The van der Waals surface area contributed by atoms with E-state index in [0.717, 1.165) is 23.1 Å². The van der Waals surface area contributed by atoms with Crippen molar-refractivity contribution in [1.82, 2.24) is 5.32 Å². The number of amides is 1. The average molecular weight is 281 g/mol. The van der Waals surface area contributed by atoms with Gasteiger partial charge in [0.2, 0.25) is 0 Å². The quantitative estimate of drug-likeness (QED) is 0.873. The summed E-state index contributed by atoms with van der Waals surface area (Å²) in [5.41, 5.74) is 4.23. The second-order valence-electron chi connectivity index (χ2n) is 5.67. The van der Waals surface area contributed by atoms with Gasteiger partial charge >= 0.3 is 0 Å². The highest BCUT2D eigenvalue weighted by Gasteiger charge is 2.10. The predicted molar refractivity (Wildman–Crippen MR) is 87.7 cm³/mol. The Hall–Kier alpha value is -2.09. The molecule has 0 heterocycles. The lowest BCUT2D eigenvalue weighted by molar-refractivity contribution is 0.0952. The maximum atomic E-state index is 12.2. The molecule has 2 heteroatoms. The van der Waals surface area contributed by atoms with Gasteiger partial charge in [-0.25, -0.2) is 0 Å². The highest BCUT2D eigenvalue weighted by molar-refractivity contribution is 5.95. The van der Waals surface area contributed by atoms with Crippen LogP contribution < -0.4 is 5.32 Å². The molecule has 0 radical (unpaired) electrons. The highest BCUT2D eigenvalue weighted by Crippen LogP contribution is 2.17. The molecule has 0 aliphatic heterocycles. The highest BCUT2D eigenvalue weighted by atomic mass is 16.1. The molecular weight excluding hydrogens is 258 g/mol. The minimum atomic E-state index is 0.0245. The van der Waals surface area contributed by atoms with Crippen molar-refractivity contribution in [3.05, 3.63) is 70.8 Å². The van der Waals surface area contributed by atoms with Gasteiger partial charge in [0.25, 0.3) is 5.91 Å². The first kappa shape index (κ1) is 15.3. The summed E-state index contributed by atoms with van der Waals surface area (Å²) in [6.07, 6.45) is 0.945. The minimum absolute atomic E-state index is 0.0245. The normalized spacial score (nSPS) is 12.0. The van der Waals surface area contributed by atoms with Gasteiger partial charge in [-0.2, -0.15) is 0 Å². The molecule has 1 unspecified atom stereocenters. The smallest absolute Gasteiger partial charge is 0.251 e. The van der Waals surface area contributed by atoms with Gasteiger partial charge in [-0.1, -0.05) is 55.0 Å². The Morgan fingerprint density at radius 3 is 2.52 bits per heavy atom. The fourth-order valence-electron chi connectivity index (χ4n) is 2.43. The van der Waals surface area contributed by atoms with Gasteiger partial charge in [0.1, 0.15) is 0 Å². The number of hydrogen-bond donors (Lipinski definition) is 1. The molecule has 0 spiro atoms. The molecule has 0 aromatic heterocycles. The van der Waals surface area contributed by atoms with E-state index < -0.39 is 0 Å². The van der Waals surface area contributed by atoms with E-state index in [-0.39, 0.29) is 5.91 Å². The van der Waals surface area contributed by atoms with Gasteiger partial charge in [0.05, 0.1) is 0 Å². The van der Waals surface area contributed by atoms with Crippen molar-refractivity contribution >= 4 is 5.91 Å². The van der Waals surface area contributed by atoms with Gasteiger partial charge in [0, 0.05) is 12.1 Å². The number of aryl methyl sites for hydroxylation is 2. The van der Waals surface area contributed by atoms with Gasteiger partial charge in [-0.05, 0) is 43.4 Å². The number of benzene rings is 2. The van der Waals surface area contributed by atoms with Crippen molar-refractivity contribution in [2.45, 2.75) is 33.1 Å². The standard InChI is InChI=1S/C19H23NO/c1-14-9-10-16(3)18(13-14)19(21)20-12-11-15(2)17-7-5-4-6-8-17/h4-10,13,15H,11-12H2,1-3H3,(H,20,21). The summed E-state index contributed by atoms with van der Waals surface area (Å²) in [5, 5.41) is 3.03. The zero-order chi connectivity index (χ0) is 15.2. The Kier molecular flexibility index (Phi) is 5.15. The molecule has 21 heavy (non-hydrogen) atoms. The monoisotopic (exact) mass is 281 g/mol. The number of carbonyl (C=O) groups excluding carboxylic acids is 1. The van der Waals surface area contributed by atoms with Crippen LogP contribution >= 0.6 is 0 Å². The van der Waals surface area contributed by atoms with Gasteiger partial charge < -0.3 is 5.32 Å². The van der Waals surface area contributed by atoms with Gasteiger partial charge in [-0.15, -0.1) is 0 Å². The lowest BCUT2D eigenvalue weighted by Gasteiger charge is -2.13. The molecule has 0 aliphatic rings. The summed E-state index contributed by atoms with van der Waals surface area (Å²) >= 11 is 0. The first-order valence-electron chi connectivity index (χ1n) is 7.48. The SMILES string of the molecule is Cc1ccc(C)c(C(=O)NCCC(C)c2ccccc2)c1. The van der Waals surface area contributed by atoms with Crippen LogP contribution in [-0.2, 0) is 0 Å². The zero-order valence-corrected chi connectivity index (χ0v) is 13.0. The first-order valence-corrected chi connectivity index (χ1v) is 7.48. The molecule has 1 atom stereocenters. The molecule has 0 saturated heterocycles. The van der Waals surface area contributed by atoms with Crippen molar-refractivity contribution in [3.8, 4) is 0 Å². The van der Waals surface area contributed by atoms with Gasteiger partial charge in [0.15, 0.2) is 0 Å². The van der Waals surface area contributed by atoms with E-state index in [2.05, 4.69) is 36.5 Å². The van der Waals surface area contributed by atoms with E-state index in [9.17, 15) is 4.79 Å². The topological polar surface area (TPSA) is 29.1 Å². The minimum Gasteiger partial charge on any atom is -0.352 e. The zero-order valence-electron chi connectivity index (χ0n) is 13.0. The third kappa shape index (κ3) is 4.19. The molecule has 0 saturated carbocycles. The fourth-order valence-corrected chi connectivity index (χ4v) is 2.43. The summed E-state index contributed by atoms with van der Waals surface area (Å²) in [6, 6.07) is 16.4. The molecule has 1 N–H and O–H groups in total. The van der Waals surface area contributed by atoms with E-state index in [4.69, 9.17) is 0 Å². The van der Waals surface area contributed by atoms with Crippen molar-refractivity contribution in [2.75, 3.05) is 6.54 Å². The van der Waals surface area contributed by atoms with Crippen LogP contribution in [0.3, 0.4) is 0 Å². The van der Waals surface area contributed by atoms with E-state index >= 15 is 0 Å². The molecule has 2 aromatic rings. The third-order valence-corrected chi connectivity index (χ3v) is 3.87. The average Bonchev–Trinajstić information content (AvgIpc) is 2.50. The summed E-state index contributed by atoms with van der Waals surface area (Å²) in [5.74, 6) is 0.474. The summed E-state index contributed by atoms with van der Waals surface area (Å²) in [7, 11) is 0. The molecule has 2 nitrogen and oxygen atoms in total. The summed E-state index contributed by atoms with van der Waals surface area (Å²) < 4.78 is 0. The second kappa shape index (κ2) is 7.07. The van der Waals surface area contributed by atoms with Crippen molar-refractivity contribution in [1.29, 1.82) is 0 Å². The Labute approximate surface area is 127 Å². The van der Waals surface area contributed by atoms with Gasteiger partial charge in [-0.3, -0.25) is 4.79 Å². The van der Waals surface area contributed by atoms with Crippen LogP contribution in [0.4, 0.5) is 0 Å². The molecule has 110 valence electrons. The Bertz CT molecular complexity index is 604. The lowest BCUT2D eigenvalue weighted by Crippen LogP contribution is -2.26. The Balaban J connectivity index is 1.88. The molecule has 2 aromatic carbocycles. The molecule has 0 fully saturated rings. The molecule has 1 amide bonds. The van der Waals surface area contributed by atoms with Crippen LogP contribution in [0.1, 0.15) is 46.3 Å². The maximum absolute atomic E-state index is 12.2. The second-order valence-corrected chi connectivity index (χ2v) is 5.67. The Morgan fingerprint density at radius 1 is 1.10 bits per heavy atom. The molecule has 0 bridgehead atoms. The van der Waals surface area contributed by atoms with Crippen LogP contribution in [0.25, 0.3) is 0 Å². The van der Waals surface area contributed by atoms with E-state index in [1.165, 1.54) is 5.56 Å². The number of nitrogens with one attached hydrogen (secondary N) is 1. The van der Waals surface area contributed by atoms with Crippen molar-refractivity contribution in [2.24, 2.45) is 0 Å². The fraction of sp³-hybridized carbons (Fsp3) is 0.316. The van der Waals surface area contributed by atoms with Crippen molar-refractivity contribution in [3.63, 3.8) is 0 Å². The predicted octanol–water partition coefficient (Wildman–Crippen LogP) is 4.23. The number of carbonyl (C=O) groups is 1. The first-order chi connectivity index (χ1) is 10.1. The summed E-state index contributed by atoms with van der Waals surface area (Å²) in [4.78, 5) is 12.2. The van der Waals surface area contributed by atoms with Crippen molar-refractivity contribution < 1.29 is 4.79 Å².